The van der Waals surface area contributed by atoms with E-state index in [0.29, 0.717) is 36.9 Å². The topological polar surface area (TPSA) is 85.2 Å². The monoisotopic (exact) mass is 550 g/mol. The second kappa shape index (κ2) is 12.2. The molecule has 1 atom stereocenters. The third-order valence-corrected chi connectivity index (χ3v) is 7.12. The minimum atomic E-state index is -0.666. The summed E-state index contributed by atoms with van der Waals surface area (Å²) in [5.41, 5.74) is 3.02. The molecule has 10 heteroatoms. The molecule has 3 aromatic rings. The number of carbonyl (C=O) groups is 1. The van der Waals surface area contributed by atoms with Crippen LogP contribution in [0, 0.1) is 19.7 Å². The third kappa shape index (κ3) is 5.50. The van der Waals surface area contributed by atoms with Crippen LogP contribution in [0.15, 0.2) is 79.6 Å². The van der Waals surface area contributed by atoms with Gasteiger partial charge in [0.25, 0.3) is 0 Å². The van der Waals surface area contributed by atoms with Crippen molar-refractivity contribution in [3.8, 4) is 17.0 Å². The summed E-state index contributed by atoms with van der Waals surface area (Å²) >= 11 is 0. The highest BCUT2D eigenvalue weighted by molar-refractivity contribution is 6.36. The Morgan fingerprint density at radius 1 is 1.24 bits per heavy atom. The molecule has 1 aromatic carbocycles. The normalized spacial score (nSPS) is 15.4. The average Bonchev–Trinajstić information content (AvgIpc) is 2.96. The van der Waals surface area contributed by atoms with Crippen molar-refractivity contribution in [1.82, 2.24) is 19.8 Å². The van der Waals surface area contributed by atoms with Crippen molar-refractivity contribution in [3.63, 3.8) is 0 Å². The van der Waals surface area contributed by atoms with Gasteiger partial charge in [-0.25, -0.2) is 9.37 Å². The predicted molar refractivity (Wildman–Crippen MR) is 163 cm³/mol. The summed E-state index contributed by atoms with van der Waals surface area (Å²) in [5, 5.41) is 10.6. The summed E-state index contributed by atoms with van der Waals surface area (Å²) in [6.07, 6.45) is 6.37. The van der Waals surface area contributed by atoms with Gasteiger partial charge in [0.05, 0.1) is 34.2 Å². The highest BCUT2D eigenvalue weighted by Crippen LogP contribution is 2.36. The van der Waals surface area contributed by atoms with Crippen LogP contribution in [0.1, 0.15) is 16.8 Å². The summed E-state index contributed by atoms with van der Waals surface area (Å²) in [6, 6.07) is 7.30. The lowest BCUT2D eigenvalue weighted by molar-refractivity contribution is -0.127. The number of hydrogen-bond acceptors (Lipinski definition) is 6. The highest BCUT2D eigenvalue weighted by Gasteiger charge is 2.32. The summed E-state index contributed by atoms with van der Waals surface area (Å²) in [4.78, 5) is 31.8. The Labute approximate surface area is 241 Å². The largest absolute Gasteiger partial charge is 0.507 e. The molecule has 0 aliphatic carbocycles. The van der Waals surface area contributed by atoms with E-state index >= 15 is 4.39 Å². The third-order valence-electron chi connectivity index (χ3n) is 7.12. The van der Waals surface area contributed by atoms with Crippen LogP contribution in [0.25, 0.3) is 11.3 Å². The van der Waals surface area contributed by atoms with Gasteiger partial charge in [0, 0.05) is 39.1 Å². The van der Waals surface area contributed by atoms with Crippen LogP contribution >= 0.6 is 0 Å². The minimum Gasteiger partial charge on any atom is -0.507 e. The first-order valence-corrected chi connectivity index (χ1v) is 13.1. The summed E-state index contributed by atoms with van der Waals surface area (Å²) in [5.74, 6) is -0.210. The lowest BCUT2D eigenvalue weighted by atomic mass is 9.88. The number of amidine groups is 1. The molecule has 1 fully saturated rings. The molecule has 8 nitrogen and oxygen atoms in total. The number of anilines is 2. The molecule has 0 spiro atoms. The van der Waals surface area contributed by atoms with Gasteiger partial charge < -0.3 is 14.9 Å². The number of aryl methyl sites for hydroxylation is 2. The number of phenolic OH excluding ortho intramolecular Hbond substituents is 1. The first kappa shape index (κ1) is 29.3. The van der Waals surface area contributed by atoms with Crippen molar-refractivity contribution in [3.05, 3.63) is 97.3 Å². The van der Waals surface area contributed by atoms with E-state index in [0.717, 1.165) is 16.9 Å². The van der Waals surface area contributed by atoms with Crippen LogP contribution in [-0.2, 0) is 4.79 Å². The van der Waals surface area contributed by atoms with Crippen molar-refractivity contribution in [2.45, 2.75) is 19.9 Å². The summed E-state index contributed by atoms with van der Waals surface area (Å²) < 4.78 is 15.0. The molecule has 1 unspecified atom stereocenters. The van der Waals surface area contributed by atoms with Gasteiger partial charge in [0.15, 0.2) is 0 Å². The average molecular weight is 550 g/mol. The first-order valence-electron chi connectivity index (χ1n) is 13.1. The van der Waals surface area contributed by atoms with Crippen LogP contribution in [0.4, 0.5) is 15.9 Å². The number of amides is 1. The number of phenols is 1. The van der Waals surface area contributed by atoms with Gasteiger partial charge in [0.1, 0.15) is 31.1 Å². The lowest BCUT2D eigenvalue weighted by Gasteiger charge is -2.42. The predicted octanol–water partition coefficient (Wildman–Crippen LogP) is 3.94. The maximum atomic E-state index is 15.0. The molecule has 1 N–H and O–H groups in total. The van der Waals surface area contributed by atoms with Gasteiger partial charge in [-0.1, -0.05) is 36.8 Å². The van der Waals surface area contributed by atoms with Crippen molar-refractivity contribution >= 4 is 36.6 Å². The van der Waals surface area contributed by atoms with Crippen LogP contribution in [0.2, 0.25) is 0 Å². The molecule has 1 saturated heterocycles. The Kier molecular flexibility index (Phi) is 8.71. The Bertz CT molecular complexity index is 1520. The van der Waals surface area contributed by atoms with Crippen LogP contribution in [0.3, 0.4) is 0 Å². The SMILES string of the molecule is [B]c1cc(C(=NC)N2CCN(C(=O)C=C)CC2C=C)c(N(C=C)c2c(C)ccnc2C)nc1-c1c(O)cccc1F. The van der Waals surface area contributed by atoms with Crippen molar-refractivity contribution in [2.24, 2.45) is 4.99 Å². The van der Waals surface area contributed by atoms with Gasteiger partial charge in [-0.3, -0.25) is 19.7 Å². The van der Waals surface area contributed by atoms with Crippen molar-refractivity contribution in [1.29, 1.82) is 0 Å². The van der Waals surface area contributed by atoms with E-state index in [1.807, 2.05) is 24.8 Å². The fourth-order valence-electron chi connectivity index (χ4n) is 5.16. The molecule has 1 amide bonds. The molecule has 1 aliphatic heterocycles. The smallest absolute Gasteiger partial charge is 0.246 e. The molecule has 0 bridgehead atoms. The Hall–Kier alpha value is -4.73. The Morgan fingerprint density at radius 2 is 2.00 bits per heavy atom. The molecular weight excluding hydrogens is 518 g/mol. The van der Waals surface area contributed by atoms with Crippen LogP contribution < -0.4 is 10.4 Å². The van der Waals surface area contributed by atoms with E-state index in [2.05, 4.69) is 29.7 Å². The minimum absolute atomic E-state index is 0.0718. The maximum absolute atomic E-state index is 15.0. The van der Waals surface area contributed by atoms with Gasteiger partial charge in [0.2, 0.25) is 5.91 Å². The number of pyridine rings is 2. The Morgan fingerprint density at radius 3 is 2.61 bits per heavy atom. The fourth-order valence-corrected chi connectivity index (χ4v) is 5.16. The molecule has 3 heterocycles. The lowest BCUT2D eigenvalue weighted by Crippen LogP contribution is -2.56. The second-order valence-corrected chi connectivity index (χ2v) is 9.58. The quantitative estimate of drug-likeness (QED) is 0.158. The number of aromatic hydroxyl groups is 1. The number of hydrogen-bond donors (Lipinski definition) is 1. The van der Waals surface area contributed by atoms with E-state index in [9.17, 15) is 9.90 Å². The van der Waals surface area contributed by atoms with E-state index in [-0.39, 0.29) is 34.4 Å². The fraction of sp³-hybridized carbons (Fsp3) is 0.226. The number of carbonyl (C=O) groups excluding carboxylic acids is 1. The number of aromatic nitrogens is 2. The Balaban J connectivity index is 1.97. The molecule has 2 aromatic heterocycles. The molecule has 208 valence electrons. The number of halogens is 1. The van der Waals surface area contributed by atoms with Gasteiger partial charge in [-0.15, -0.1) is 6.58 Å². The molecule has 4 rings (SSSR count). The molecule has 41 heavy (non-hydrogen) atoms. The summed E-state index contributed by atoms with van der Waals surface area (Å²) in [6.45, 7) is 16.7. The van der Waals surface area contributed by atoms with E-state index in [1.165, 1.54) is 24.3 Å². The zero-order valence-electron chi connectivity index (χ0n) is 23.5. The number of benzene rings is 1. The van der Waals surface area contributed by atoms with E-state index in [4.69, 9.17) is 12.8 Å². The number of rotatable bonds is 7. The van der Waals surface area contributed by atoms with Gasteiger partial charge in [-0.05, 0) is 43.7 Å². The zero-order valence-corrected chi connectivity index (χ0v) is 23.5. The maximum Gasteiger partial charge on any atom is 0.246 e. The van der Waals surface area contributed by atoms with Crippen LogP contribution in [-0.4, -0.2) is 77.2 Å². The number of aliphatic imine (C=N–C) groups is 1. The molecule has 0 saturated carbocycles. The van der Waals surface area contributed by atoms with Crippen molar-refractivity contribution < 1.29 is 14.3 Å². The number of nitrogens with zero attached hydrogens (tertiary/aromatic N) is 6. The van der Waals surface area contributed by atoms with E-state index in [1.54, 1.807) is 41.4 Å². The number of piperazine rings is 1. The second-order valence-electron chi connectivity index (χ2n) is 9.58. The first-order chi connectivity index (χ1) is 19.7. The van der Waals surface area contributed by atoms with Crippen molar-refractivity contribution in [2.75, 3.05) is 31.6 Å². The van der Waals surface area contributed by atoms with Gasteiger partial charge in [-0.2, -0.15) is 0 Å². The highest BCUT2D eigenvalue weighted by atomic mass is 19.1. The van der Waals surface area contributed by atoms with Gasteiger partial charge >= 0.3 is 0 Å². The standard InChI is InChI=1S/C31H32BFN6O2/c1-7-21-18-37(26(41)8-2)15-16-39(21)30(34-6)22-17-23(32)28(27-24(33)11-10-12-25(27)40)36-31(22)38(9-3)29-19(4)13-14-35-20(29)5/h7-14,17,21,40H,1-3,15-16,18H2,4-6H3. The molecule has 2 radical (unpaired) electrons. The zero-order chi connectivity index (χ0) is 29.8. The van der Waals surface area contributed by atoms with E-state index < -0.39 is 5.82 Å². The molecule has 1 aliphatic rings. The molecular formula is C31H32BFN6O2. The summed E-state index contributed by atoms with van der Waals surface area (Å²) in [7, 11) is 8.17. The van der Waals surface area contributed by atoms with Crippen LogP contribution in [0.5, 0.6) is 5.75 Å².